The SMILES string of the molecule is O=Cc1cnc2ccc(-c3cc4ccccc4[nH]3)cn12. The number of carbonyl (C=O) groups is 1. The van der Waals surface area contributed by atoms with Gasteiger partial charge in [-0.3, -0.25) is 9.20 Å². The van der Waals surface area contributed by atoms with Crippen molar-refractivity contribution in [2.45, 2.75) is 0 Å². The van der Waals surface area contributed by atoms with E-state index in [1.54, 1.807) is 10.6 Å². The number of H-pyrrole nitrogens is 1. The highest BCUT2D eigenvalue weighted by Crippen LogP contribution is 2.24. The van der Waals surface area contributed by atoms with Crippen molar-refractivity contribution in [1.29, 1.82) is 0 Å². The lowest BCUT2D eigenvalue weighted by molar-refractivity contribution is 0.111. The van der Waals surface area contributed by atoms with Gasteiger partial charge < -0.3 is 4.98 Å². The Labute approximate surface area is 114 Å². The second-order valence-electron chi connectivity index (χ2n) is 4.72. The molecule has 0 aliphatic rings. The molecule has 1 N–H and O–H groups in total. The number of hydrogen-bond acceptors (Lipinski definition) is 2. The average molecular weight is 261 g/mol. The van der Waals surface area contributed by atoms with Crippen molar-refractivity contribution in [3.63, 3.8) is 0 Å². The van der Waals surface area contributed by atoms with E-state index >= 15 is 0 Å². The lowest BCUT2D eigenvalue weighted by Crippen LogP contribution is -1.91. The van der Waals surface area contributed by atoms with Gasteiger partial charge in [-0.05, 0) is 24.3 Å². The van der Waals surface area contributed by atoms with Gasteiger partial charge in [-0.1, -0.05) is 18.2 Å². The minimum absolute atomic E-state index is 0.554. The Kier molecular flexibility index (Phi) is 2.23. The molecule has 0 saturated carbocycles. The maximum absolute atomic E-state index is 11.0. The summed E-state index contributed by atoms with van der Waals surface area (Å²) in [7, 11) is 0. The minimum Gasteiger partial charge on any atom is -0.354 e. The first-order valence-electron chi connectivity index (χ1n) is 6.35. The standard InChI is InChI=1S/C16H11N3O/c20-10-13-8-17-16-6-5-12(9-19(13)16)15-7-11-3-1-2-4-14(11)18-15/h1-10,18H. The van der Waals surface area contributed by atoms with Crippen molar-refractivity contribution in [3.05, 3.63) is 60.6 Å². The molecule has 0 aliphatic heterocycles. The number of aromatic nitrogens is 3. The smallest absolute Gasteiger partial charge is 0.168 e. The van der Waals surface area contributed by atoms with Gasteiger partial charge in [-0.15, -0.1) is 0 Å². The molecular weight excluding hydrogens is 250 g/mol. The molecule has 4 rings (SSSR count). The van der Waals surface area contributed by atoms with Crippen LogP contribution in [0.1, 0.15) is 10.5 Å². The van der Waals surface area contributed by atoms with Crippen LogP contribution in [0.3, 0.4) is 0 Å². The molecule has 4 aromatic rings. The topological polar surface area (TPSA) is 50.2 Å². The Morgan fingerprint density at radius 3 is 2.90 bits per heavy atom. The van der Waals surface area contributed by atoms with Crippen LogP contribution in [0, 0.1) is 0 Å². The maximum atomic E-state index is 11.0. The fraction of sp³-hybridized carbons (Fsp3) is 0. The molecule has 0 bridgehead atoms. The van der Waals surface area contributed by atoms with Gasteiger partial charge in [0, 0.05) is 28.4 Å². The predicted octanol–water partition coefficient (Wildman–Crippen LogP) is 3.30. The van der Waals surface area contributed by atoms with Gasteiger partial charge in [0.25, 0.3) is 0 Å². The summed E-state index contributed by atoms with van der Waals surface area (Å²) < 4.78 is 1.80. The van der Waals surface area contributed by atoms with Crippen LogP contribution < -0.4 is 0 Å². The van der Waals surface area contributed by atoms with E-state index in [4.69, 9.17) is 0 Å². The molecule has 4 heteroatoms. The normalized spacial score (nSPS) is 11.2. The quantitative estimate of drug-likeness (QED) is 0.563. The molecule has 3 heterocycles. The van der Waals surface area contributed by atoms with Crippen LogP contribution in [-0.2, 0) is 0 Å². The number of pyridine rings is 1. The molecule has 0 atom stereocenters. The van der Waals surface area contributed by atoms with E-state index < -0.39 is 0 Å². The Morgan fingerprint density at radius 1 is 1.15 bits per heavy atom. The summed E-state index contributed by atoms with van der Waals surface area (Å²) in [6, 6.07) is 14.2. The summed E-state index contributed by atoms with van der Waals surface area (Å²) in [6.07, 6.45) is 4.32. The summed E-state index contributed by atoms with van der Waals surface area (Å²) in [5, 5.41) is 1.17. The zero-order valence-corrected chi connectivity index (χ0v) is 10.6. The van der Waals surface area contributed by atoms with Gasteiger partial charge in [0.1, 0.15) is 11.3 Å². The lowest BCUT2D eigenvalue weighted by Gasteiger charge is -2.01. The zero-order valence-electron chi connectivity index (χ0n) is 10.6. The molecule has 0 aliphatic carbocycles. The monoisotopic (exact) mass is 261 g/mol. The first-order valence-corrected chi connectivity index (χ1v) is 6.35. The van der Waals surface area contributed by atoms with E-state index in [2.05, 4.69) is 22.1 Å². The highest BCUT2D eigenvalue weighted by atomic mass is 16.1. The third-order valence-corrected chi connectivity index (χ3v) is 3.50. The number of benzene rings is 1. The molecule has 0 saturated heterocycles. The molecule has 0 fully saturated rings. The van der Waals surface area contributed by atoms with Crippen LogP contribution in [0.15, 0.2) is 54.9 Å². The van der Waals surface area contributed by atoms with Gasteiger partial charge in [-0.2, -0.15) is 0 Å². The van der Waals surface area contributed by atoms with Crippen molar-refractivity contribution >= 4 is 22.8 Å². The van der Waals surface area contributed by atoms with Crippen molar-refractivity contribution in [2.24, 2.45) is 0 Å². The van der Waals surface area contributed by atoms with E-state index in [9.17, 15) is 4.79 Å². The molecule has 4 nitrogen and oxygen atoms in total. The number of fused-ring (bicyclic) bond motifs is 2. The number of rotatable bonds is 2. The van der Waals surface area contributed by atoms with Crippen LogP contribution in [0.4, 0.5) is 0 Å². The van der Waals surface area contributed by atoms with Gasteiger partial charge in [0.15, 0.2) is 6.29 Å². The summed E-state index contributed by atoms with van der Waals surface area (Å²) in [5.74, 6) is 0. The van der Waals surface area contributed by atoms with Gasteiger partial charge in [-0.25, -0.2) is 4.98 Å². The number of carbonyl (C=O) groups excluding carboxylic acids is 1. The highest BCUT2D eigenvalue weighted by Gasteiger charge is 2.06. The van der Waals surface area contributed by atoms with Crippen LogP contribution >= 0.6 is 0 Å². The van der Waals surface area contributed by atoms with Crippen molar-refractivity contribution in [2.75, 3.05) is 0 Å². The summed E-state index contributed by atoms with van der Waals surface area (Å²) in [6.45, 7) is 0. The van der Waals surface area contributed by atoms with E-state index in [0.717, 1.165) is 28.7 Å². The molecule has 0 spiro atoms. The number of nitrogens with zero attached hydrogens (tertiary/aromatic N) is 2. The summed E-state index contributed by atoms with van der Waals surface area (Å²) in [4.78, 5) is 18.6. The largest absolute Gasteiger partial charge is 0.354 e. The second-order valence-corrected chi connectivity index (χ2v) is 4.72. The Bertz CT molecular complexity index is 900. The second kappa shape index (κ2) is 4.06. The Balaban J connectivity index is 1.94. The molecule has 0 amide bonds. The van der Waals surface area contributed by atoms with E-state index in [-0.39, 0.29) is 0 Å². The first kappa shape index (κ1) is 11.0. The molecule has 3 aromatic heterocycles. The number of nitrogens with one attached hydrogen (secondary N) is 1. The van der Waals surface area contributed by atoms with Crippen molar-refractivity contribution in [1.82, 2.24) is 14.4 Å². The van der Waals surface area contributed by atoms with E-state index in [0.29, 0.717) is 5.69 Å². The fourth-order valence-electron chi connectivity index (χ4n) is 2.47. The van der Waals surface area contributed by atoms with Crippen LogP contribution in [0.25, 0.3) is 27.8 Å². The van der Waals surface area contributed by atoms with E-state index in [1.165, 1.54) is 5.39 Å². The third kappa shape index (κ3) is 1.55. The molecule has 96 valence electrons. The molecule has 0 unspecified atom stereocenters. The number of para-hydroxylation sites is 1. The molecule has 20 heavy (non-hydrogen) atoms. The number of hydrogen-bond donors (Lipinski definition) is 1. The van der Waals surface area contributed by atoms with Gasteiger partial charge in [0.05, 0.1) is 6.20 Å². The summed E-state index contributed by atoms with van der Waals surface area (Å²) >= 11 is 0. The molecular formula is C16H11N3O. The number of imidazole rings is 1. The number of aromatic amines is 1. The predicted molar refractivity (Wildman–Crippen MR) is 77.9 cm³/mol. The van der Waals surface area contributed by atoms with Gasteiger partial charge >= 0.3 is 0 Å². The Hall–Kier alpha value is -2.88. The fourth-order valence-corrected chi connectivity index (χ4v) is 2.47. The maximum Gasteiger partial charge on any atom is 0.168 e. The zero-order chi connectivity index (χ0) is 13.5. The third-order valence-electron chi connectivity index (χ3n) is 3.50. The Morgan fingerprint density at radius 2 is 2.05 bits per heavy atom. The molecule has 1 aromatic carbocycles. The average Bonchev–Trinajstić information content (AvgIpc) is 3.10. The van der Waals surface area contributed by atoms with Crippen LogP contribution in [0.2, 0.25) is 0 Å². The van der Waals surface area contributed by atoms with Crippen molar-refractivity contribution < 1.29 is 4.79 Å². The number of aldehydes is 1. The van der Waals surface area contributed by atoms with Crippen molar-refractivity contribution in [3.8, 4) is 11.3 Å². The summed E-state index contributed by atoms with van der Waals surface area (Å²) in [5.41, 5.74) is 4.47. The van der Waals surface area contributed by atoms with E-state index in [1.807, 2.05) is 36.5 Å². The first-order chi connectivity index (χ1) is 9.85. The van der Waals surface area contributed by atoms with Crippen LogP contribution in [0.5, 0.6) is 0 Å². The lowest BCUT2D eigenvalue weighted by atomic mass is 10.2. The minimum atomic E-state index is 0.554. The molecule has 0 radical (unpaired) electrons. The highest BCUT2D eigenvalue weighted by molar-refractivity contribution is 5.86. The van der Waals surface area contributed by atoms with Gasteiger partial charge in [0.2, 0.25) is 0 Å². The van der Waals surface area contributed by atoms with Crippen LogP contribution in [-0.4, -0.2) is 20.7 Å².